The Balaban J connectivity index is 3.87. The summed E-state index contributed by atoms with van der Waals surface area (Å²) < 4.78 is 15.3. The molecular formula is C29H56O8. The fraction of sp³-hybridized carbons (Fsp3) is 0.897. The number of allylic oxidation sites excluding steroid dienone is 1. The van der Waals surface area contributed by atoms with E-state index in [0.717, 1.165) is 36.7 Å². The van der Waals surface area contributed by atoms with Crippen LogP contribution in [0.25, 0.3) is 0 Å². The second-order valence-electron chi connectivity index (χ2n) is 11.2. The van der Waals surface area contributed by atoms with E-state index in [9.17, 15) is 15.0 Å². The van der Waals surface area contributed by atoms with Crippen LogP contribution < -0.4 is 0 Å². The number of ether oxygens (including phenoxy) is 3. The van der Waals surface area contributed by atoms with Crippen LogP contribution in [0.5, 0.6) is 0 Å². The predicted molar refractivity (Wildman–Crippen MR) is 146 cm³/mol. The minimum atomic E-state index is -0.999. The van der Waals surface area contributed by atoms with Crippen LogP contribution in [0.2, 0.25) is 0 Å². The second kappa shape index (κ2) is 22.9. The van der Waals surface area contributed by atoms with Crippen molar-refractivity contribution in [3.8, 4) is 0 Å². The van der Waals surface area contributed by atoms with Crippen LogP contribution in [-0.2, 0) is 19.0 Å². The molecule has 0 aliphatic rings. The summed E-state index contributed by atoms with van der Waals surface area (Å²) >= 11 is 0. The fourth-order valence-electron chi connectivity index (χ4n) is 4.03. The van der Waals surface area contributed by atoms with Gasteiger partial charge in [0.05, 0.1) is 33.0 Å². The summed E-state index contributed by atoms with van der Waals surface area (Å²) in [6, 6.07) is 0. The van der Waals surface area contributed by atoms with Crippen molar-refractivity contribution in [2.75, 3.05) is 39.6 Å². The highest BCUT2D eigenvalue weighted by Crippen LogP contribution is 2.22. The first-order chi connectivity index (χ1) is 17.5. The molecule has 0 bridgehead atoms. The van der Waals surface area contributed by atoms with Gasteiger partial charge in [0.1, 0.15) is 24.9 Å². The molecule has 0 aromatic carbocycles. The van der Waals surface area contributed by atoms with Crippen molar-refractivity contribution in [2.24, 2.45) is 17.8 Å². The second-order valence-corrected chi connectivity index (χ2v) is 11.2. The maximum Gasteiger partial charge on any atom is 0.330 e. The molecule has 8 heteroatoms. The molecule has 0 spiro atoms. The number of carbonyl (C=O) groups excluding carboxylic acids is 1. The molecule has 0 saturated heterocycles. The molecule has 0 aliphatic heterocycles. The highest BCUT2D eigenvalue weighted by Gasteiger charge is 2.12. The van der Waals surface area contributed by atoms with Crippen LogP contribution in [0, 0.1) is 17.8 Å². The third-order valence-electron chi connectivity index (χ3n) is 6.37. The zero-order valence-electron chi connectivity index (χ0n) is 24.1. The molecule has 5 unspecified atom stereocenters. The summed E-state index contributed by atoms with van der Waals surface area (Å²) in [6.07, 6.45) is 9.49. The Hall–Kier alpha value is -1.03. The largest absolute Gasteiger partial charge is 0.460 e. The number of hydrogen-bond donors (Lipinski definition) is 4. The molecule has 0 heterocycles. The molecule has 5 atom stereocenters. The van der Waals surface area contributed by atoms with E-state index in [4.69, 9.17) is 24.4 Å². The van der Waals surface area contributed by atoms with Crippen molar-refractivity contribution < 1.29 is 39.4 Å². The summed E-state index contributed by atoms with van der Waals surface area (Å²) in [5.41, 5.74) is 0.969. The molecule has 0 aliphatic carbocycles. The Labute approximate surface area is 225 Å². The SMILES string of the molecule is C/C(=C\C(=O)OCC(O)COCC(O)COCC(O)CO)CCCC(C)CCCC(C)CCCC(C)C. The lowest BCUT2D eigenvalue weighted by Gasteiger charge is -2.15. The number of carbonyl (C=O) groups is 1. The Morgan fingerprint density at radius 3 is 1.68 bits per heavy atom. The van der Waals surface area contributed by atoms with Gasteiger partial charge in [-0.25, -0.2) is 4.79 Å². The van der Waals surface area contributed by atoms with E-state index < -0.39 is 30.9 Å². The third kappa shape index (κ3) is 23.8. The normalized spacial score (nSPS) is 16.4. The van der Waals surface area contributed by atoms with Crippen LogP contribution in [-0.4, -0.2) is 84.3 Å². The van der Waals surface area contributed by atoms with Crippen molar-refractivity contribution in [1.82, 2.24) is 0 Å². The molecule has 220 valence electrons. The van der Waals surface area contributed by atoms with Crippen molar-refractivity contribution in [1.29, 1.82) is 0 Å². The van der Waals surface area contributed by atoms with Crippen LogP contribution in [0.1, 0.15) is 92.4 Å². The zero-order chi connectivity index (χ0) is 28.1. The first-order valence-electron chi connectivity index (χ1n) is 14.2. The quantitative estimate of drug-likeness (QED) is 0.108. The van der Waals surface area contributed by atoms with E-state index in [0.29, 0.717) is 5.92 Å². The van der Waals surface area contributed by atoms with Crippen molar-refractivity contribution in [2.45, 2.75) is 111 Å². The summed E-state index contributed by atoms with van der Waals surface area (Å²) in [6.45, 7) is 10.3. The lowest BCUT2D eigenvalue weighted by atomic mass is 9.91. The van der Waals surface area contributed by atoms with Gasteiger partial charge in [-0.15, -0.1) is 0 Å². The van der Waals surface area contributed by atoms with Crippen LogP contribution in [0.15, 0.2) is 11.6 Å². The van der Waals surface area contributed by atoms with Gasteiger partial charge in [0.15, 0.2) is 0 Å². The number of aliphatic hydroxyl groups is 4. The van der Waals surface area contributed by atoms with Gasteiger partial charge in [0.25, 0.3) is 0 Å². The number of aliphatic hydroxyl groups excluding tert-OH is 4. The van der Waals surface area contributed by atoms with E-state index >= 15 is 0 Å². The molecule has 0 aromatic heterocycles. The first kappa shape index (κ1) is 36.0. The van der Waals surface area contributed by atoms with E-state index in [-0.39, 0.29) is 33.0 Å². The molecule has 8 nitrogen and oxygen atoms in total. The van der Waals surface area contributed by atoms with Gasteiger partial charge in [-0.3, -0.25) is 0 Å². The van der Waals surface area contributed by atoms with Gasteiger partial charge in [0, 0.05) is 6.08 Å². The molecule has 0 amide bonds. The maximum atomic E-state index is 12.0. The van der Waals surface area contributed by atoms with E-state index in [2.05, 4.69) is 27.7 Å². The maximum absolute atomic E-state index is 12.0. The van der Waals surface area contributed by atoms with Gasteiger partial charge in [-0.05, 0) is 37.5 Å². The van der Waals surface area contributed by atoms with Gasteiger partial charge in [0.2, 0.25) is 0 Å². The van der Waals surface area contributed by atoms with E-state index in [1.54, 1.807) is 0 Å². The Kier molecular flexibility index (Phi) is 22.3. The monoisotopic (exact) mass is 532 g/mol. The van der Waals surface area contributed by atoms with Crippen molar-refractivity contribution in [3.63, 3.8) is 0 Å². The molecular weight excluding hydrogens is 476 g/mol. The smallest absolute Gasteiger partial charge is 0.330 e. The van der Waals surface area contributed by atoms with Crippen molar-refractivity contribution >= 4 is 5.97 Å². The molecule has 0 fully saturated rings. The van der Waals surface area contributed by atoms with E-state index in [1.807, 2.05) is 6.92 Å². The van der Waals surface area contributed by atoms with Gasteiger partial charge >= 0.3 is 5.97 Å². The number of esters is 1. The zero-order valence-corrected chi connectivity index (χ0v) is 24.1. The molecule has 37 heavy (non-hydrogen) atoms. The van der Waals surface area contributed by atoms with Gasteiger partial charge in [-0.2, -0.15) is 0 Å². The Bertz CT molecular complexity index is 580. The highest BCUT2D eigenvalue weighted by molar-refractivity contribution is 5.82. The fourth-order valence-corrected chi connectivity index (χ4v) is 4.03. The molecule has 0 radical (unpaired) electrons. The summed E-state index contributed by atoms with van der Waals surface area (Å²) in [5, 5.41) is 37.4. The highest BCUT2D eigenvalue weighted by atomic mass is 16.6. The summed E-state index contributed by atoms with van der Waals surface area (Å²) in [4.78, 5) is 12.0. The number of hydrogen-bond acceptors (Lipinski definition) is 8. The van der Waals surface area contributed by atoms with Crippen LogP contribution in [0.3, 0.4) is 0 Å². The van der Waals surface area contributed by atoms with Crippen LogP contribution >= 0.6 is 0 Å². The molecule has 0 rings (SSSR count). The average Bonchev–Trinajstić information content (AvgIpc) is 2.82. The minimum Gasteiger partial charge on any atom is -0.460 e. The van der Waals surface area contributed by atoms with Gasteiger partial charge in [-0.1, -0.05) is 78.2 Å². The summed E-state index contributed by atoms with van der Waals surface area (Å²) in [5.74, 6) is 1.83. The lowest BCUT2D eigenvalue weighted by molar-refractivity contribution is -0.142. The topological polar surface area (TPSA) is 126 Å². The first-order valence-corrected chi connectivity index (χ1v) is 14.2. The molecule has 4 N–H and O–H groups in total. The third-order valence-corrected chi connectivity index (χ3v) is 6.37. The summed E-state index contributed by atoms with van der Waals surface area (Å²) in [7, 11) is 0. The Morgan fingerprint density at radius 2 is 1.16 bits per heavy atom. The standard InChI is InChI=1S/C29H56O8/c1-22(2)9-6-10-23(3)11-7-12-24(4)13-8-14-25(5)15-29(34)37-21-28(33)20-36-19-27(32)18-35-17-26(31)16-30/h15,22-24,26-28,30-33H,6-14,16-21H2,1-5H3/b25-15+. The molecule has 0 saturated carbocycles. The Morgan fingerprint density at radius 1 is 0.703 bits per heavy atom. The van der Waals surface area contributed by atoms with Gasteiger partial charge < -0.3 is 34.6 Å². The predicted octanol–water partition coefficient (Wildman–Crippen LogP) is 4.02. The average molecular weight is 533 g/mol. The minimum absolute atomic E-state index is 0.0667. The lowest BCUT2D eigenvalue weighted by Crippen LogP contribution is -2.29. The van der Waals surface area contributed by atoms with E-state index in [1.165, 1.54) is 44.6 Å². The van der Waals surface area contributed by atoms with Crippen LogP contribution in [0.4, 0.5) is 0 Å². The van der Waals surface area contributed by atoms with Crippen molar-refractivity contribution in [3.05, 3.63) is 11.6 Å². The molecule has 0 aromatic rings. The number of rotatable bonds is 24.